The molecule has 0 spiro atoms. The van der Waals surface area contributed by atoms with Crippen LogP contribution in [0.1, 0.15) is 30.6 Å². The number of likely N-dealkylation sites (tertiary alicyclic amines) is 2. The average Bonchev–Trinajstić information content (AvgIpc) is 3.27. The van der Waals surface area contributed by atoms with Gasteiger partial charge in [0.15, 0.2) is 0 Å². The Labute approximate surface area is 171 Å². The van der Waals surface area contributed by atoms with Crippen LogP contribution in [-0.2, 0) is 20.7 Å². The third kappa shape index (κ3) is 4.75. The molecule has 7 heteroatoms. The van der Waals surface area contributed by atoms with Crippen molar-refractivity contribution in [3.05, 3.63) is 22.4 Å². The van der Waals surface area contributed by atoms with Gasteiger partial charge >= 0.3 is 0 Å². The maximum atomic E-state index is 12.7. The van der Waals surface area contributed by atoms with Gasteiger partial charge in [0, 0.05) is 43.0 Å². The first-order chi connectivity index (χ1) is 13.7. The fraction of sp³-hybridized carbons (Fsp3) is 0.714. The van der Waals surface area contributed by atoms with Crippen LogP contribution in [0.15, 0.2) is 17.5 Å². The van der Waals surface area contributed by atoms with Gasteiger partial charge in [-0.05, 0) is 50.2 Å². The van der Waals surface area contributed by atoms with E-state index in [1.807, 2.05) is 27.3 Å². The molecule has 0 N–H and O–H groups in total. The van der Waals surface area contributed by atoms with Crippen molar-refractivity contribution in [2.24, 2.45) is 5.92 Å². The van der Waals surface area contributed by atoms with Crippen molar-refractivity contribution in [3.8, 4) is 0 Å². The van der Waals surface area contributed by atoms with Crippen LogP contribution < -0.4 is 0 Å². The van der Waals surface area contributed by atoms with Crippen molar-refractivity contribution >= 4 is 23.2 Å². The second-order valence-electron chi connectivity index (χ2n) is 8.12. The highest BCUT2D eigenvalue weighted by Gasteiger charge is 2.33. The van der Waals surface area contributed by atoms with Crippen LogP contribution >= 0.6 is 11.3 Å². The lowest BCUT2D eigenvalue weighted by atomic mass is 9.92. The summed E-state index contributed by atoms with van der Waals surface area (Å²) in [5.41, 5.74) is 0. The zero-order valence-corrected chi connectivity index (χ0v) is 17.4. The summed E-state index contributed by atoms with van der Waals surface area (Å²) in [5, 5.41) is 2.03. The summed E-state index contributed by atoms with van der Waals surface area (Å²) in [5.74, 6) is 0.773. The van der Waals surface area contributed by atoms with Crippen molar-refractivity contribution in [1.29, 1.82) is 0 Å². The molecule has 3 fully saturated rings. The molecular formula is C21H31N3O3S. The van der Waals surface area contributed by atoms with E-state index in [4.69, 9.17) is 4.74 Å². The average molecular weight is 406 g/mol. The van der Waals surface area contributed by atoms with Crippen LogP contribution in [0, 0.1) is 5.92 Å². The Balaban J connectivity index is 1.19. The number of morpholine rings is 1. The highest BCUT2D eigenvalue weighted by atomic mass is 32.1. The summed E-state index contributed by atoms with van der Waals surface area (Å²) in [6.07, 6.45) is 4.58. The molecule has 0 unspecified atom stereocenters. The molecule has 2 amide bonds. The van der Waals surface area contributed by atoms with Gasteiger partial charge in [-0.2, -0.15) is 0 Å². The van der Waals surface area contributed by atoms with E-state index in [0.717, 1.165) is 69.8 Å². The molecule has 0 saturated carbocycles. The zero-order valence-electron chi connectivity index (χ0n) is 16.6. The molecule has 6 nitrogen and oxygen atoms in total. The van der Waals surface area contributed by atoms with Crippen molar-refractivity contribution in [3.63, 3.8) is 0 Å². The fourth-order valence-corrected chi connectivity index (χ4v) is 5.40. The van der Waals surface area contributed by atoms with Crippen LogP contribution in [0.5, 0.6) is 0 Å². The summed E-state index contributed by atoms with van der Waals surface area (Å²) in [7, 11) is 0. The third-order valence-electron chi connectivity index (χ3n) is 6.44. The highest BCUT2D eigenvalue weighted by molar-refractivity contribution is 7.10. The lowest BCUT2D eigenvalue weighted by molar-refractivity contribution is -0.141. The predicted molar refractivity (Wildman–Crippen MR) is 109 cm³/mol. The summed E-state index contributed by atoms with van der Waals surface area (Å²) >= 11 is 1.66. The number of nitrogens with zero attached hydrogens (tertiary/aromatic N) is 3. The smallest absolute Gasteiger partial charge is 0.227 e. The maximum absolute atomic E-state index is 12.7. The van der Waals surface area contributed by atoms with Gasteiger partial charge in [0.25, 0.3) is 0 Å². The number of rotatable bonds is 4. The first kappa shape index (κ1) is 19.9. The van der Waals surface area contributed by atoms with Gasteiger partial charge in [-0.15, -0.1) is 11.3 Å². The molecule has 3 aliphatic rings. The number of carbonyl (C=O) groups is 2. The van der Waals surface area contributed by atoms with E-state index in [2.05, 4.69) is 4.90 Å². The number of amides is 2. The zero-order chi connectivity index (χ0) is 19.3. The third-order valence-corrected chi connectivity index (χ3v) is 7.32. The Morgan fingerprint density at radius 1 is 0.964 bits per heavy atom. The van der Waals surface area contributed by atoms with Gasteiger partial charge < -0.3 is 19.4 Å². The van der Waals surface area contributed by atoms with Gasteiger partial charge in [-0.3, -0.25) is 9.59 Å². The molecule has 0 bridgehead atoms. The SMILES string of the molecule is O=C(Cc1cccs1)N1CCC(N2CCC(C(=O)N3CCOCC3)CC2)CC1. The summed E-state index contributed by atoms with van der Waals surface area (Å²) in [6.45, 7) is 6.59. The molecule has 3 aliphatic heterocycles. The number of carbonyl (C=O) groups excluding carboxylic acids is 2. The Kier molecular flexibility index (Phi) is 6.65. The van der Waals surface area contributed by atoms with Crippen molar-refractivity contribution in [2.45, 2.75) is 38.1 Å². The second-order valence-corrected chi connectivity index (χ2v) is 9.15. The van der Waals surface area contributed by atoms with E-state index < -0.39 is 0 Å². The van der Waals surface area contributed by atoms with Gasteiger partial charge in [-0.1, -0.05) is 6.07 Å². The van der Waals surface area contributed by atoms with Gasteiger partial charge in [0.1, 0.15) is 0 Å². The minimum absolute atomic E-state index is 0.182. The lowest BCUT2D eigenvalue weighted by Gasteiger charge is -2.42. The number of hydrogen-bond donors (Lipinski definition) is 0. The molecule has 0 atom stereocenters. The molecule has 1 aromatic heterocycles. The normalized spacial score (nSPS) is 23.1. The van der Waals surface area contributed by atoms with E-state index in [9.17, 15) is 9.59 Å². The molecule has 3 saturated heterocycles. The molecule has 0 aromatic carbocycles. The van der Waals surface area contributed by atoms with Crippen LogP contribution in [-0.4, -0.2) is 85.0 Å². The lowest BCUT2D eigenvalue weighted by Crippen LogP contribution is -2.51. The van der Waals surface area contributed by atoms with Gasteiger partial charge in [-0.25, -0.2) is 0 Å². The molecule has 4 heterocycles. The molecule has 0 aliphatic carbocycles. The first-order valence-corrected chi connectivity index (χ1v) is 11.5. The quantitative estimate of drug-likeness (QED) is 0.767. The number of hydrogen-bond acceptors (Lipinski definition) is 5. The fourth-order valence-electron chi connectivity index (χ4n) is 4.71. The van der Waals surface area contributed by atoms with Crippen LogP contribution in [0.25, 0.3) is 0 Å². The Morgan fingerprint density at radius 2 is 1.68 bits per heavy atom. The summed E-state index contributed by atoms with van der Waals surface area (Å²) in [4.78, 5) is 32.9. The largest absolute Gasteiger partial charge is 0.378 e. The predicted octanol–water partition coefficient (Wildman–Crippen LogP) is 1.85. The molecule has 154 valence electrons. The van der Waals surface area contributed by atoms with E-state index in [-0.39, 0.29) is 11.8 Å². The van der Waals surface area contributed by atoms with E-state index in [0.29, 0.717) is 31.6 Å². The Morgan fingerprint density at radius 3 is 2.32 bits per heavy atom. The molecular weight excluding hydrogens is 374 g/mol. The van der Waals surface area contributed by atoms with Crippen LogP contribution in [0.2, 0.25) is 0 Å². The van der Waals surface area contributed by atoms with Crippen molar-refractivity contribution in [2.75, 3.05) is 52.5 Å². The Bertz CT molecular complexity index is 644. The minimum Gasteiger partial charge on any atom is -0.378 e. The summed E-state index contributed by atoms with van der Waals surface area (Å²) < 4.78 is 5.36. The van der Waals surface area contributed by atoms with E-state index in [1.165, 1.54) is 0 Å². The van der Waals surface area contributed by atoms with Gasteiger partial charge in [0.05, 0.1) is 19.6 Å². The number of piperidine rings is 2. The topological polar surface area (TPSA) is 53.1 Å². The van der Waals surface area contributed by atoms with Crippen LogP contribution in [0.3, 0.4) is 0 Å². The molecule has 0 radical (unpaired) electrons. The monoisotopic (exact) mass is 405 g/mol. The number of ether oxygens (including phenoxy) is 1. The minimum atomic E-state index is 0.182. The molecule has 1 aromatic rings. The second kappa shape index (κ2) is 9.37. The highest BCUT2D eigenvalue weighted by Crippen LogP contribution is 2.26. The standard InChI is InChI=1S/C21H31N3O3S/c25-20(16-19-2-1-15-28-19)23-9-5-18(6-10-23)22-7-3-17(4-8-22)21(26)24-11-13-27-14-12-24/h1-2,15,17-18H,3-14,16H2. The number of thiophene rings is 1. The summed E-state index contributed by atoms with van der Waals surface area (Å²) in [6, 6.07) is 4.61. The van der Waals surface area contributed by atoms with E-state index >= 15 is 0 Å². The van der Waals surface area contributed by atoms with Crippen LogP contribution in [0.4, 0.5) is 0 Å². The first-order valence-electron chi connectivity index (χ1n) is 10.6. The van der Waals surface area contributed by atoms with Gasteiger partial charge in [0.2, 0.25) is 11.8 Å². The Hall–Kier alpha value is -1.44. The molecule has 4 rings (SSSR count). The van der Waals surface area contributed by atoms with Crippen molar-refractivity contribution in [1.82, 2.24) is 14.7 Å². The van der Waals surface area contributed by atoms with Crippen molar-refractivity contribution < 1.29 is 14.3 Å². The molecule has 28 heavy (non-hydrogen) atoms. The van der Waals surface area contributed by atoms with E-state index in [1.54, 1.807) is 11.3 Å². The maximum Gasteiger partial charge on any atom is 0.227 e.